The second kappa shape index (κ2) is 3.00. The fraction of sp³-hybridized carbons (Fsp3) is 0.100. The van der Waals surface area contributed by atoms with Crippen LogP contribution >= 0.6 is 15.9 Å². The van der Waals surface area contributed by atoms with E-state index >= 15 is 0 Å². The summed E-state index contributed by atoms with van der Waals surface area (Å²) in [5.74, 6) is 0. The van der Waals surface area contributed by atoms with E-state index in [0.29, 0.717) is 0 Å². The van der Waals surface area contributed by atoms with Gasteiger partial charge in [0.15, 0.2) is 6.29 Å². The van der Waals surface area contributed by atoms with Crippen molar-refractivity contribution < 1.29 is 4.79 Å². The summed E-state index contributed by atoms with van der Waals surface area (Å²) in [6, 6.07) is 5.70. The lowest BCUT2D eigenvalue weighted by Crippen LogP contribution is -1.85. The number of nitrogens with zero attached hydrogens (tertiary/aromatic N) is 1. The number of hydrogen-bond donors (Lipinski definition) is 0. The first kappa shape index (κ1) is 8.51. The lowest BCUT2D eigenvalue weighted by Gasteiger charge is -1.96. The van der Waals surface area contributed by atoms with E-state index in [4.69, 9.17) is 0 Å². The fourth-order valence-corrected chi connectivity index (χ4v) is 2.25. The van der Waals surface area contributed by atoms with Crippen molar-refractivity contribution in [1.82, 2.24) is 4.57 Å². The summed E-state index contributed by atoms with van der Waals surface area (Å²) in [4.78, 5) is 10.8. The van der Waals surface area contributed by atoms with Crippen LogP contribution in [0.5, 0.6) is 0 Å². The predicted molar refractivity (Wildman–Crippen MR) is 56.0 cm³/mol. The van der Waals surface area contributed by atoms with Crippen molar-refractivity contribution in [3.05, 3.63) is 34.4 Å². The number of carbonyl (C=O) groups is 1. The molecule has 0 fully saturated rings. The van der Waals surface area contributed by atoms with Crippen LogP contribution in [0.15, 0.2) is 28.9 Å². The molecule has 0 amide bonds. The molecule has 2 aromatic rings. The monoisotopic (exact) mass is 237 g/mol. The summed E-state index contributed by atoms with van der Waals surface area (Å²) in [6.45, 7) is 0. The highest BCUT2D eigenvalue weighted by Crippen LogP contribution is 2.27. The molecule has 0 atom stereocenters. The summed E-state index contributed by atoms with van der Waals surface area (Å²) in [7, 11) is 1.96. The molecular weight excluding hydrogens is 230 g/mol. The number of aromatic nitrogens is 1. The molecule has 1 heterocycles. The topological polar surface area (TPSA) is 22.0 Å². The van der Waals surface area contributed by atoms with Crippen LogP contribution in [0.3, 0.4) is 0 Å². The van der Waals surface area contributed by atoms with Gasteiger partial charge >= 0.3 is 0 Å². The molecule has 3 heteroatoms. The van der Waals surface area contributed by atoms with Crippen molar-refractivity contribution in [2.75, 3.05) is 0 Å². The maximum atomic E-state index is 10.8. The Balaban J connectivity index is 2.96. The van der Waals surface area contributed by atoms with E-state index < -0.39 is 0 Å². The zero-order valence-corrected chi connectivity index (χ0v) is 8.71. The average Bonchev–Trinajstić information content (AvgIpc) is 2.43. The first-order chi connectivity index (χ1) is 6.24. The summed E-state index contributed by atoms with van der Waals surface area (Å²) < 4.78 is 2.96. The molecule has 1 aromatic carbocycles. The number of fused-ring (bicyclic) bond motifs is 1. The minimum absolute atomic E-state index is 0.727. The Hall–Kier alpha value is -1.09. The fourth-order valence-electron chi connectivity index (χ4n) is 1.51. The molecule has 0 N–H and O–H groups in total. The van der Waals surface area contributed by atoms with Crippen LogP contribution in [0.4, 0.5) is 0 Å². The highest BCUT2D eigenvalue weighted by atomic mass is 79.9. The van der Waals surface area contributed by atoms with Gasteiger partial charge in [0.1, 0.15) is 0 Å². The molecule has 0 saturated heterocycles. The molecule has 1 aromatic heterocycles. The minimum atomic E-state index is 0.727. The SMILES string of the molecule is Cn1cc(Br)c2c(C=O)cccc21. The molecule has 0 unspecified atom stereocenters. The van der Waals surface area contributed by atoms with Crippen molar-refractivity contribution in [1.29, 1.82) is 0 Å². The predicted octanol–water partition coefficient (Wildman–Crippen LogP) is 2.75. The van der Waals surface area contributed by atoms with Gasteiger partial charge in [0.2, 0.25) is 0 Å². The Labute approximate surface area is 84.3 Å². The van der Waals surface area contributed by atoms with E-state index in [9.17, 15) is 4.79 Å². The highest BCUT2D eigenvalue weighted by molar-refractivity contribution is 9.10. The molecule has 0 bridgehead atoms. The van der Waals surface area contributed by atoms with Crippen molar-refractivity contribution in [2.24, 2.45) is 7.05 Å². The van der Waals surface area contributed by atoms with Crippen molar-refractivity contribution in [3.8, 4) is 0 Å². The maximum absolute atomic E-state index is 10.8. The number of halogens is 1. The van der Waals surface area contributed by atoms with Gasteiger partial charge in [-0.2, -0.15) is 0 Å². The van der Waals surface area contributed by atoms with Gasteiger partial charge in [0.05, 0.1) is 0 Å². The Morgan fingerprint density at radius 3 is 2.92 bits per heavy atom. The maximum Gasteiger partial charge on any atom is 0.150 e. The van der Waals surface area contributed by atoms with E-state index in [1.54, 1.807) is 0 Å². The summed E-state index contributed by atoms with van der Waals surface area (Å²) in [5.41, 5.74) is 1.79. The Kier molecular flexibility index (Phi) is 1.96. The average molecular weight is 238 g/mol. The van der Waals surface area contributed by atoms with E-state index in [0.717, 1.165) is 27.2 Å². The molecule has 0 saturated carbocycles. The highest BCUT2D eigenvalue weighted by Gasteiger charge is 2.07. The quantitative estimate of drug-likeness (QED) is 0.700. The first-order valence-corrected chi connectivity index (χ1v) is 4.72. The molecule has 0 aliphatic carbocycles. The molecule has 2 nitrogen and oxygen atoms in total. The summed E-state index contributed by atoms with van der Waals surface area (Å²) >= 11 is 3.43. The number of rotatable bonds is 1. The van der Waals surface area contributed by atoms with Crippen LogP contribution in [0.25, 0.3) is 10.9 Å². The van der Waals surface area contributed by atoms with Crippen LogP contribution in [0.2, 0.25) is 0 Å². The van der Waals surface area contributed by atoms with Crippen molar-refractivity contribution in [3.63, 3.8) is 0 Å². The third kappa shape index (κ3) is 1.20. The second-order valence-electron chi connectivity index (χ2n) is 2.95. The Morgan fingerprint density at radius 2 is 2.23 bits per heavy atom. The van der Waals surface area contributed by atoms with Crippen molar-refractivity contribution >= 4 is 33.1 Å². The molecule has 0 aliphatic heterocycles. The van der Waals surface area contributed by atoms with Gasteiger partial charge in [-0.15, -0.1) is 0 Å². The lowest BCUT2D eigenvalue weighted by molar-refractivity contribution is 0.112. The van der Waals surface area contributed by atoms with E-state index in [1.165, 1.54) is 0 Å². The Morgan fingerprint density at radius 1 is 1.46 bits per heavy atom. The molecule has 0 aliphatic rings. The molecule has 2 rings (SSSR count). The molecular formula is C10H8BrNO. The van der Waals surface area contributed by atoms with Crippen LogP contribution in [0.1, 0.15) is 10.4 Å². The third-order valence-corrected chi connectivity index (χ3v) is 2.73. The Bertz CT molecular complexity index is 473. The van der Waals surface area contributed by atoms with E-state index in [1.807, 2.05) is 36.0 Å². The zero-order valence-electron chi connectivity index (χ0n) is 7.12. The van der Waals surface area contributed by atoms with E-state index in [-0.39, 0.29) is 0 Å². The van der Waals surface area contributed by atoms with Gasteiger partial charge < -0.3 is 4.57 Å². The van der Waals surface area contributed by atoms with Gasteiger partial charge in [-0.3, -0.25) is 4.79 Å². The summed E-state index contributed by atoms with van der Waals surface area (Å²) in [5, 5.41) is 0.986. The number of aryl methyl sites for hydroxylation is 1. The van der Waals surface area contributed by atoms with Crippen LogP contribution in [-0.4, -0.2) is 10.9 Å². The smallest absolute Gasteiger partial charge is 0.150 e. The minimum Gasteiger partial charge on any atom is -0.349 e. The number of aldehydes is 1. The molecule has 13 heavy (non-hydrogen) atoms. The number of benzene rings is 1. The van der Waals surface area contributed by atoms with Gasteiger partial charge in [0, 0.05) is 34.2 Å². The second-order valence-corrected chi connectivity index (χ2v) is 3.80. The lowest BCUT2D eigenvalue weighted by atomic mass is 10.1. The largest absolute Gasteiger partial charge is 0.349 e. The summed E-state index contributed by atoms with van der Waals surface area (Å²) in [6.07, 6.45) is 2.84. The van der Waals surface area contributed by atoms with Crippen LogP contribution in [0, 0.1) is 0 Å². The van der Waals surface area contributed by atoms with Gasteiger partial charge in [-0.05, 0) is 22.0 Å². The van der Waals surface area contributed by atoms with Crippen LogP contribution in [-0.2, 0) is 7.05 Å². The third-order valence-electron chi connectivity index (χ3n) is 2.13. The molecule has 66 valence electrons. The van der Waals surface area contributed by atoms with Gasteiger partial charge in [-0.25, -0.2) is 0 Å². The number of hydrogen-bond acceptors (Lipinski definition) is 1. The van der Waals surface area contributed by atoms with E-state index in [2.05, 4.69) is 15.9 Å². The van der Waals surface area contributed by atoms with Crippen LogP contribution < -0.4 is 0 Å². The number of carbonyl (C=O) groups excluding carboxylic acids is 1. The zero-order chi connectivity index (χ0) is 9.42. The van der Waals surface area contributed by atoms with Gasteiger partial charge in [-0.1, -0.05) is 12.1 Å². The normalized spacial score (nSPS) is 10.6. The molecule has 0 radical (unpaired) electrons. The first-order valence-electron chi connectivity index (χ1n) is 3.93. The standard InChI is InChI=1S/C10H8BrNO/c1-12-5-8(11)10-7(6-13)3-2-4-9(10)12/h2-6H,1H3. The van der Waals surface area contributed by atoms with Crippen molar-refractivity contribution in [2.45, 2.75) is 0 Å². The molecule has 0 spiro atoms. The van der Waals surface area contributed by atoms with Gasteiger partial charge in [0.25, 0.3) is 0 Å².